The molecule has 0 aliphatic carbocycles. The molecular weight excluding hydrogens is 341 g/mol. The van der Waals surface area contributed by atoms with Gasteiger partial charge in [0.15, 0.2) is 0 Å². The van der Waals surface area contributed by atoms with E-state index >= 15 is 0 Å². The predicted molar refractivity (Wildman–Crippen MR) is 82.3 cm³/mol. The number of nitrogens with zero attached hydrogens (tertiary/aromatic N) is 2. The van der Waals surface area contributed by atoms with E-state index < -0.39 is 29.5 Å². The number of pyridine rings is 1. The van der Waals surface area contributed by atoms with E-state index in [9.17, 15) is 18.0 Å². The summed E-state index contributed by atoms with van der Waals surface area (Å²) >= 11 is 0. The fourth-order valence-corrected chi connectivity index (χ4v) is 2.17. The highest BCUT2D eigenvalue weighted by molar-refractivity contribution is 5.68. The molecule has 6 nitrogen and oxygen atoms in total. The first-order valence-corrected chi connectivity index (χ1v) is 7.80. The minimum atomic E-state index is -4.45. The molecule has 9 heteroatoms. The second-order valence-corrected chi connectivity index (χ2v) is 6.60. The van der Waals surface area contributed by atoms with Crippen LogP contribution < -0.4 is 4.74 Å². The van der Waals surface area contributed by atoms with Gasteiger partial charge in [0.1, 0.15) is 12.2 Å². The molecule has 0 aromatic carbocycles. The maximum atomic E-state index is 12.5. The highest BCUT2D eigenvalue weighted by Gasteiger charge is 2.32. The molecule has 0 spiro atoms. The molecule has 1 amide bonds. The summed E-state index contributed by atoms with van der Waals surface area (Å²) in [5.41, 5.74) is -1.48. The van der Waals surface area contributed by atoms with Gasteiger partial charge in [0.2, 0.25) is 5.88 Å². The highest BCUT2D eigenvalue weighted by Crippen LogP contribution is 2.29. The van der Waals surface area contributed by atoms with Crippen molar-refractivity contribution in [1.29, 1.82) is 0 Å². The SMILES string of the molecule is CC(C)(C)OC(=O)N1CCOC[C@H]1COc1ccc(C(F)(F)F)cn1. The van der Waals surface area contributed by atoms with Crippen LogP contribution in [0, 0.1) is 0 Å². The number of morpholine rings is 1. The summed E-state index contributed by atoms with van der Waals surface area (Å²) in [6.45, 7) is 6.32. The van der Waals surface area contributed by atoms with Crippen LogP contribution in [-0.2, 0) is 15.7 Å². The molecule has 1 aromatic rings. The summed E-state index contributed by atoms with van der Waals surface area (Å²) in [7, 11) is 0. The lowest BCUT2D eigenvalue weighted by atomic mass is 10.2. The van der Waals surface area contributed by atoms with Gasteiger partial charge in [-0.3, -0.25) is 4.90 Å². The molecule has 1 saturated heterocycles. The lowest BCUT2D eigenvalue weighted by molar-refractivity contribution is -0.137. The summed E-state index contributed by atoms with van der Waals surface area (Å²) < 4.78 is 53.7. The van der Waals surface area contributed by atoms with Gasteiger partial charge in [0, 0.05) is 18.8 Å². The molecule has 1 atom stereocenters. The van der Waals surface area contributed by atoms with Crippen molar-refractivity contribution in [3.05, 3.63) is 23.9 Å². The molecule has 0 unspecified atom stereocenters. The van der Waals surface area contributed by atoms with E-state index in [1.165, 1.54) is 4.90 Å². The highest BCUT2D eigenvalue weighted by atomic mass is 19.4. The van der Waals surface area contributed by atoms with E-state index in [2.05, 4.69) is 4.98 Å². The van der Waals surface area contributed by atoms with E-state index in [0.29, 0.717) is 19.3 Å². The molecule has 2 heterocycles. The predicted octanol–water partition coefficient (Wildman–Crippen LogP) is 3.12. The van der Waals surface area contributed by atoms with E-state index in [4.69, 9.17) is 14.2 Å². The minimum Gasteiger partial charge on any atom is -0.475 e. The smallest absolute Gasteiger partial charge is 0.417 e. The molecule has 0 bridgehead atoms. The zero-order valence-electron chi connectivity index (χ0n) is 14.3. The number of halogens is 3. The number of aromatic nitrogens is 1. The van der Waals surface area contributed by atoms with Gasteiger partial charge in [0.25, 0.3) is 0 Å². The van der Waals surface area contributed by atoms with Crippen LogP contribution in [0.2, 0.25) is 0 Å². The van der Waals surface area contributed by atoms with Gasteiger partial charge in [-0.2, -0.15) is 13.2 Å². The van der Waals surface area contributed by atoms with Crippen LogP contribution in [0.4, 0.5) is 18.0 Å². The third-order valence-electron chi connectivity index (χ3n) is 3.34. The molecule has 1 aliphatic rings. The Morgan fingerprint density at radius 2 is 2.08 bits per heavy atom. The third-order valence-corrected chi connectivity index (χ3v) is 3.34. The maximum absolute atomic E-state index is 12.5. The van der Waals surface area contributed by atoms with Crippen LogP contribution in [0.25, 0.3) is 0 Å². The Kier molecular flexibility index (Phi) is 5.76. The largest absolute Gasteiger partial charge is 0.475 e. The number of carbonyl (C=O) groups excluding carboxylic acids is 1. The van der Waals surface area contributed by atoms with E-state index in [1.807, 2.05) is 0 Å². The van der Waals surface area contributed by atoms with Crippen molar-refractivity contribution in [2.45, 2.75) is 38.6 Å². The van der Waals surface area contributed by atoms with Gasteiger partial charge in [-0.15, -0.1) is 0 Å². The van der Waals surface area contributed by atoms with Gasteiger partial charge in [0.05, 0.1) is 24.8 Å². The summed E-state index contributed by atoms with van der Waals surface area (Å²) in [6.07, 6.45) is -4.22. The van der Waals surface area contributed by atoms with Gasteiger partial charge >= 0.3 is 12.3 Å². The van der Waals surface area contributed by atoms with E-state index in [1.54, 1.807) is 20.8 Å². The van der Waals surface area contributed by atoms with Crippen molar-refractivity contribution < 1.29 is 32.2 Å². The summed E-state index contributed by atoms with van der Waals surface area (Å²) in [6, 6.07) is 1.63. The number of rotatable bonds is 3. The van der Waals surface area contributed by atoms with Crippen molar-refractivity contribution in [2.24, 2.45) is 0 Å². The monoisotopic (exact) mass is 362 g/mol. The number of alkyl halides is 3. The van der Waals surface area contributed by atoms with Crippen molar-refractivity contribution in [3.8, 4) is 5.88 Å². The summed E-state index contributed by atoms with van der Waals surface area (Å²) in [4.78, 5) is 17.4. The molecule has 2 rings (SSSR count). The molecular formula is C16H21F3N2O4. The van der Waals surface area contributed by atoms with Gasteiger partial charge in [-0.1, -0.05) is 0 Å². The molecule has 0 N–H and O–H groups in total. The van der Waals surface area contributed by atoms with Crippen LogP contribution in [-0.4, -0.2) is 54.0 Å². The fraction of sp³-hybridized carbons (Fsp3) is 0.625. The fourth-order valence-electron chi connectivity index (χ4n) is 2.17. The first kappa shape index (κ1) is 19.3. The molecule has 0 saturated carbocycles. The zero-order chi connectivity index (χ0) is 18.7. The molecule has 0 radical (unpaired) electrons. The average molecular weight is 362 g/mol. The number of amides is 1. The van der Waals surface area contributed by atoms with Gasteiger partial charge in [-0.25, -0.2) is 9.78 Å². The first-order chi connectivity index (χ1) is 11.6. The minimum absolute atomic E-state index is 0.0393. The third kappa shape index (κ3) is 5.77. The van der Waals surface area contributed by atoms with Crippen LogP contribution >= 0.6 is 0 Å². The Hall–Kier alpha value is -2.03. The van der Waals surface area contributed by atoms with Crippen LogP contribution in [0.15, 0.2) is 18.3 Å². The number of hydrogen-bond donors (Lipinski definition) is 0. The quantitative estimate of drug-likeness (QED) is 0.827. The lowest BCUT2D eigenvalue weighted by Gasteiger charge is -2.36. The number of hydrogen-bond acceptors (Lipinski definition) is 5. The second kappa shape index (κ2) is 7.47. The Labute approximate surface area is 143 Å². The van der Waals surface area contributed by atoms with Crippen molar-refractivity contribution >= 4 is 6.09 Å². The average Bonchev–Trinajstić information content (AvgIpc) is 2.51. The van der Waals surface area contributed by atoms with Gasteiger partial charge < -0.3 is 14.2 Å². The summed E-state index contributed by atoms with van der Waals surface area (Å²) in [5, 5.41) is 0. The van der Waals surface area contributed by atoms with Crippen molar-refractivity contribution in [2.75, 3.05) is 26.4 Å². The Morgan fingerprint density at radius 1 is 1.36 bits per heavy atom. The Balaban J connectivity index is 1.96. The standard InChI is InChI=1S/C16H21F3N2O4/c1-15(2,3)25-14(22)21-6-7-23-9-12(21)10-24-13-5-4-11(8-20-13)16(17,18)19/h4-5,8,12H,6-7,9-10H2,1-3H3/t12-/m0/s1. The molecule has 25 heavy (non-hydrogen) atoms. The van der Waals surface area contributed by atoms with Crippen LogP contribution in [0.3, 0.4) is 0 Å². The van der Waals surface area contributed by atoms with Crippen molar-refractivity contribution in [3.63, 3.8) is 0 Å². The lowest BCUT2D eigenvalue weighted by Crippen LogP contribution is -2.52. The molecule has 1 aliphatic heterocycles. The zero-order valence-corrected chi connectivity index (χ0v) is 14.3. The van der Waals surface area contributed by atoms with Crippen LogP contribution in [0.5, 0.6) is 5.88 Å². The van der Waals surface area contributed by atoms with Crippen molar-refractivity contribution in [1.82, 2.24) is 9.88 Å². The maximum Gasteiger partial charge on any atom is 0.417 e. The summed E-state index contributed by atoms with van der Waals surface area (Å²) in [5.74, 6) is 0.0442. The number of carbonyl (C=O) groups is 1. The Bertz CT molecular complexity index is 585. The Morgan fingerprint density at radius 3 is 2.64 bits per heavy atom. The topological polar surface area (TPSA) is 60.9 Å². The van der Waals surface area contributed by atoms with E-state index in [-0.39, 0.29) is 19.1 Å². The first-order valence-electron chi connectivity index (χ1n) is 7.80. The molecule has 1 fully saturated rings. The molecule has 1 aromatic heterocycles. The van der Waals surface area contributed by atoms with Crippen LogP contribution in [0.1, 0.15) is 26.3 Å². The second-order valence-electron chi connectivity index (χ2n) is 6.60. The molecule has 140 valence electrons. The number of ether oxygens (including phenoxy) is 3. The van der Waals surface area contributed by atoms with Gasteiger partial charge in [-0.05, 0) is 26.8 Å². The normalized spacial score (nSPS) is 18.8. The van der Waals surface area contributed by atoms with E-state index in [0.717, 1.165) is 12.1 Å².